The van der Waals surface area contributed by atoms with E-state index in [1.807, 2.05) is 28.9 Å². The fourth-order valence-corrected chi connectivity index (χ4v) is 3.19. The fourth-order valence-electron chi connectivity index (χ4n) is 3.19. The Balaban J connectivity index is 1.80. The number of aromatic carboxylic acids is 1. The molecular formula is C22H26N4O2. The lowest BCUT2D eigenvalue weighted by molar-refractivity contribution is 0.0697. The second-order valence-electron chi connectivity index (χ2n) is 6.84. The van der Waals surface area contributed by atoms with Crippen molar-refractivity contribution in [3.05, 3.63) is 65.5 Å². The summed E-state index contributed by atoms with van der Waals surface area (Å²) in [5, 5.41) is 14.0. The SMILES string of the molecule is CCCCCc1nc(CC)nn1Cc1ccc(-c2cnccc2C(=O)O)cc1. The fraction of sp³-hybridized carbons (Fsp3) is 0.364. The van der Waals surface area contributed by atoms with Crippen molar-refractivity contribution in [2.75, 3.05) is 0 Å². The predicted molar refractivity (Wildman–Crippen MR) is 108 cm³/mol. The van der Waals surface area contributed by atoms with Crippen LogP contribution in [0.15, 0.2) is 42.7 Å². The minimum Gasteiger partial charge on any atom is -0.478 e. The van der Waals surface area contributed by atoms with E-state index in [0.29, 0.717) is 12.1 Å². The van der Waals surface area contributed by atoms with Gasteiger partial charge in [-0.05, 0) is 23.6 Å². The normalized spacial score (nSPS) is 10.9. The Morgan fingerprint density at radius 3 is 2.57 bits per heavy atom. The molecule has 6 nitrogen and oxygen atoms in total. The molecule has 2 heterocycles. The molecule has 0 saturated heterocycles. The van der Waals surface area contributed by atoms with Crippen LogP contribution in [0.3, 0.4) is 0 Å². The topological polar surface area (TPSA) is 80.9 Å². The summed E-state index contributed by atoms with van der Waals surface area (Å²) >= 11 is 0. The molecule has 2 aromatic heterocycles. The summed E-state index contributed by atoms with van der Waals surface area (Å²) in [5.74, 6) is 0.965. The molecule has 0 amide bonds. The van der Waals surface area contributed by atoms with Gasteiger partial charge in [0.2, 0.25) is 0 Å². The van der Waals surface area contributed by atoms with Crippen molar-refractivity contribution in [1.82, 2.24) is 19.7 Å². The number of rotatable bonds is 9. The molecule has 0 radical (unpaired) electrons. The second kappa shape index (κ2) is 9.26. The second-order valence-corrected chi connectivity index (χ2v) is 6.84. The third kappa shape index (κ3) is 4.63. The zero-order valence-electron chi connectivity index (χ0n) is 16.4. The number of aromatic nitrogens is 4. The van der Waals surface area contributed by atoms with E-state index in [1.165, 1.54) is 25.1 Å². The van der Waals surface area contributed by atoms with E-state index in [-0.39, 0.29) is 5.56 Å². The summed E-state index contributed by atoms with van der Waals surface area (Å²) in [6, 6.07) is 9.42. The Morgan fingerprint density at radius 2 is 1.89 bits per heavy atom. The molecule has 3 rings (SSSR count). The van der Waals surface area contributed by atoms with Gasteiger partial charge in [0.25, 0.3) is 0 Å². The highest BCUT2D eigenvalue weighted by Crippen LogP contribution is 2.23. The summed E-state index contributed by atoms with van der Waals surface area (Å²) in [4.78, 5) is 20.2. The maximum Gasteiger partial charge on any atom is 0.336 e. The van der Waals surface area contributed by atoms with Gasteiger partial charge in [0.15, 0.2) is 5.82 Å². The molecule has 146 valence electrons. The standard InChI is InChI=1S/C22H26N4O2/c1-3-5-6-7-21-24-20(4-2)25-26(21)15-16-8-10-17(11-9-16)19-14-23-13-12-18(19)22(27)28/h8-14H,3-7,15H2,1-2H3,(H,27,28). The number of carbonyl (C=O) groups is 1. The first-order chi connectivity index (χ1) is 13.6. The Labute approximate surface area is 165 Å². The molecular weight excluding hydrogens is 352 g/mol. The van der Waals surface area contributed by atoms with Gasteiger partial charge in [-0.25, -0.2) is 14.5 Å². The smallest absolute Gasteiger partial charge is 0.336 e. The van der Waals surface area contributed by atoms with Crippen molar-refractivity contribution in [3.63, 3.8) is 0 Å². The van der Waals surface area contributed by atoms with Crippen LogP contribution in [0.25, 0.3) is 11.1 Å². The average Bonchev–Trinajstić information content (AvgIpc) is 3.10. The molecule has 0 saturated carbocycles. The van der Waals surface area contributed by atoms with Crippen LogP contribution in [0, 0.1) is 0 Å². The number of hydrogen-bond donors (Lipinski definition) is 1. The van der Waals surface area contributed by atoms with E-state index in [4.69, 9.17) is 0 Å². The first-order valence-corrected chi connectivity index (χ1v) is 9.81. The van der Waals surface area contributed by atoms with Gasteiger partial charge in [0.05, 0.1) is 12.1 Å². The van der Waals surface area contributed by atoms with Gasteiger partial charge in [0.1, 0.15) is 5.82 Å². The van der Waals surface area contributed by atoms with Crippen molar-refractivity contribution >= 4 is 5.97 Å². The van der Waals surface area contributed by atoms with Crippen LogP contribution in [0.4, 0.5) is 0 Å². The number of hydrogen-bond acceptors (Lipinski definition) is 4. The Hall–Kier alpha value is -3.02. The maximum atomic E-state index is 11.4. The minimum absolute atomic E-state index is 0.254. The summed E-state index contributed by atoms with van der Waals surface area (Å²) in [7, 11) is 0. The molecule has 6 heteroatoms. The van der Waals surface area contributed by atoms with Crippen molar-refractivity contribution in [3.8, 4) is 11.1 Å². The molecule has 0 fully saturated rings. The van der Waals surface area contributed by atoms with E-state index in [1.54, 1.807) is 6.20 Å². The summed E-state index contributed by atoms with van der Waals surface area (Å²) in [6.45, 7) is 4.92. The lowest BCUT2D eigenvalue weighted by Gasteiger charge is -2.09. The summed E-state index contributed by atoms with van der Waals surface area (Å²) in [6.07, 6.45) is 8.36. The van der Waals surface area contributed by atoms with Crippen LogP contribution in [0.2, 0.25) is 0 Å². The van der Waals surface area contributed by atoms with Gasteiger partial charge in [-0.15, -0.1) is 0 Å². The van der Waals surface area contributed by atoms with Crippen LogP contribution in [-0.2, 0) is 19.4 Å². The molecule has 1 aromatic carbocycles. The minimum atomic E-state index is -0.951. The lowest BCUT2D eigenvalue weighted by Crippen LogP contribution is -2.07. The van der Waals surface area contributed by atoms with Crippen LogP contribution < -0.4 is 0 Å². The summed E-state index contributed by atoms with van der Waals surface area (Å²) in [5.41, 5.74) is 2.82. The van der Waals surface area contributed by atoms with Gasteiger partial charge in [-0.3, -0.25) is 4.98 Å². The highest BCUT2D eigenvalue weighted by Gasteiger charge is 2.12. The maximum absolute atomic E-state index is 11.4. The highest BCUT2D eigenvalue weighted by atomic mass is 16.4. The van der Waals surface area contributed by atoms with Crippen LogP contribution in [0.1, 0.15) is 60.7 Å². The first-order valence-electron chi connectivity index (χ1n) is 9.81. The van der Waals surface area contributed by atoms with E-state index in [0.717, 1.165) is 42.0 Å². The van der Waals surface area contributed by atoms with Crippen molar-refractivity contribution < 1.29 is 9.90 Å². The Morgan fingerprint density at radius 1 is 1.11 bits per heavy atom. The third-order valence-corrected chi connectivity index (χ3v) is 4.76. The molecule has 28 heavy (non-hydrogen) atoms. The van der Waals surface area contributed by atoms with Crippen LogP contribution in [-0.4, -0.2) is 30.8 Å². The van der Waals surface area contributed by atoms with Crippen LogP contribution >= 0.6 is 0 Å². The van der Waals surface area contributed by atoms with E-state index >= 15 is 0 Å². The highest BCUT2D eigenvalue weighted by molar-refractivity contribution is 5.95. The molecule has 0 aliphatic carbocycles. The number of benzene rings is 1. The van der Waals surface area contributed by atoms with E-state index in [2.05, 4.69) is 28.9 Å². The van der Waals surface area contributed by atoms with Gasteiger partial charge in [-0.2, -0.15) is 5.10 Å². The number of pyridine rings is 1. The number of aryl methyl sites for hydroxylation is 2. The molecule has 0 aliphatic heterocycles. The number of unbranched alkanes of at least 4 members (excludes halogenated alkanes) is 2. The molecule has 3 aromatic rings. The quantitative estimate of drug-likeness (QED) is 0.559. The largest absolute Gasteiger partial charge is 0.478 e. The van der Waals surface area contributed by atoms with Crippen molar-refractivity contribution in [2.45, 2.75) is 52.5 Å². The van der Waals surface area contributed by atoms with E-state index < -0.39 is 5.97 Å². The molecule has 1 N–H and O–H groups in total. The first kappa shape index (κ1) is 19.7. The predicted octanol–water partition coefficient (Wildman–Crippen LogP) is 4.38. The molecule has 0 bridgehead atoms. The van der Waals surface area contributed by atoms with Gasteiger partial charge >= 0.3 is 5.97 Å². The monoisotopic (exact) mass is 378 g/mol. The Kier molecular flexibility index (Phi) is 6.53. The molecule has 0 atom stereocenters. The molecule has 0 aliphatic rings. The van der Waals surface area contributed by atoms with E-state index in [9.17, 15) is 9.90 Å². The molecule has 0 spiro atoms. The van der Waals surface area contributed by atoms with Crippen molar-refractivity contribution in [2.24, 2.45) is 0 Å². The number of nitrogens with zero attached hydrogens (tertiary/aromatic N) is 4. The van der Waals surface area contributed by atoms with Gasteiger partial charge < -0.3 is 5.11 Å². The zero-order valence-corrected chi connectivity index (χ0v) is 16.4. The van der Waals surface area contributed by atoms with Gasteiger partial charge in [-0.1, -0.05) is 51.0 Å². The summed E-state index contributed by atoms with van der Waals surface area (Å²) < 4.78 is 2.00. The van der Waals surface area contributed by atoms with Gasteiger partial charge in [0, 0.05) is 30.8 Å². The average molecular weight is 378 g/mol. The third-order valence-electron chi connectivity index (χ3n) is 4.76. The van der Waals surface area contributed by atoms with Crippen LogP contribution in [0.5, 0.6) is 0 Å². The number of carboxylic acid groups (broad SMARTS) is 1. The van der Waals surface area contributed by atoms with Crippen molar-refractivity contribution in [1.29, 1.82) is 0 Å². The lowest BCUT2D eigenvalue weighted by atomic mass is 10.0. The Bertz CT molecular complexity index is 932. The molecule has 0 unspecified atom stereocenters. The number of carboxylic acids is 1. The zero-order chi connectivity index (χ0) is 19.9.